The molecule has 6 heteroatoms. The van der Waals surface area contributed by atoms with Crippen molar-refractivity contribution in [3.8, 4) is 0 Å². The fraction of sp³-hybridized carbons (Fsp3) is 0.235. The van der Waals surface area contributed by atoms with E-state index in [4.69, 9.17) is 4.42 Å². The Balaban J connectivity index is 1.91. The van der Waals surface area contributed by atoms with E-state index in [2.05, 4.69) is 10.4 Å². The Morgan fingerprint density at radius 1 is 1.26 bits per heavy atom. The van der Waals surface area contributed by atoms with E-state index in [1.165, 1.54) is 4.68 Å². The minimum absolute atomic E-state index is 0.156. The average molecular weight is 311 g/mol. The second kappa shape index (κ2) is 5.72. The molecule has 1 amide bonds. The summed E-state index contributed by atoms with van der Waals surface area (Å²) in [4.78, 5) is 24.4. The second-order valence-corrected chi connectivity index (χ2v) is 5.43. The van der Waals surface area contributed by atoms with Crippen LogP contribution in [0.15, 0.2) is 39.5 Å². The van der Waals surface area contributed by atoms with Crippen LogP contribution in [0.5, 0.6) is 0 Å². The molecule has 0 unspecified atom stereocenters. The van der Waals surface area contributed by atoms with Crippen LogP contribution < -0.4 is 10.9 Å². The minimum Gasteiger partial charge on any atom is -0.466 e. The zero-order valence-electron chi connectivity index (χ0n) is 13.2. The Hall–Kier alpha value is -2.89. The largest absolute Gasteiger partial charge is 0.466 e. The molecule has 3 aromatic rings. The predicted octanol–water partition coefficient (Wildman–Crippen LogP) is 2.07. The monoisotopic (exact) mass is 311 g/mol. The quantitative estimate of drug-likeness (QED) is 0.803. The van der Waals surface area contributed by atoms with Crippen LogP contribution in [0.4, 0.5) is 0 Å². The molecule has 0 atom stereocenters. The molecule has 1 aromatic carbocycles. The summed E-state index contributed by atoms with van der Waals surface area (Å²) in [5, 5.41) is 8.43. The minimum atomic E-state index is -0.223. The topological polar surface area (TPSA) is 77.1 Å². The van der Waals surface area contributed by atoms with Crippen LogP contribution in [-0.4, -0.2) is 15.7 Å². The molecule has 0 aliphatic rings. The maximum atomic E-state index is 12.3. The fourth-order valence-corrected chi connectivity index (χ4v) is 2.62. The van der Waals surface area contributed by atoms with Crippen LogP contribution in [0.25, 0.3) is 10.8 Å². The van der Waals surface area contributed by atoms with Crippen molar-refractivity contribution >= 4 is 16.7 Å². The lowest BCUT2D eigenvalue weighted by molar-refractivity contribution is 0.0949. The maximum absolute atomic E-state index is 12.3. The summed E-state index contributed by atoms with van der Waals surface area (Å²) in [6, 6.07) is 8.95. The second-order valence-electron chi connectivity index (χ2n) is 5.43. The molecule has 118 valence electrons. The van der Waals surface area contributed by atoms with Crippen molar-refractivity contribution in [2.75, 3.05) is 0 Å². The van der Waals surface area contributed by atoms with E-state index in [1.54, 1.807) is 33.0 Å². The van der Waals surface area contributed by atoms with Crippen molar-refractivity contribution in [1.29, 1.82) is 0 Å². The summed E-state index contributed by atoms with van der Waals surface area (Å²) in [6.07, 6.45) is 0. The molecule has 0 fully saturated rings. The molecule has 1 N–H and O–H groups in total. The number of fused-ring (bicyclic) bond motifs is 1. The highest BCUT2D eigenvalue weighted by atomic mass is 16.3. The van der Waals surface area contributed by atoms with E-state index in [0.29, 0.717) is 28.2 Å². The first-order valence-corrected chi connectivity index (χ1v) is 7.27. The zero-order chi connectivity index (χ0) is 16.6. The van der Waals surface area contributed by atoms with Gasteiger partial charge in [-0.05, 0) is 26.0 Å². The van der Waals surface area contributed by atoms with E-state index in [0.717, 1.165) is 5.39 Å². The number of aromatic nitrogens is 2. The first-order valence-electron chi connectivity index (χ1n) is 7.27. The van der Waals surface area contributed by atoms with Crippen LogP contribution in [-0.2, 0) is 13.6 Å². The van der Waals surface area contributed by atoms with Gasteiger partial charge in [-0.3, -0.25) is 9.59 Å². The predicted molar refractivity (Wildman–Crippen MR) is 86.3 cm³/mol. The molecule has 2 aromatic heterocycles. The van der Waals surface area contributed by atoms with Crippen LogP contribution >= 0.6 is 0 Å². The number of carbonyl (C=O) groups excluding carboxylic acids is 1. The van der Waals surface area contributed by atoms with Gasteiger partial charge in [-0.25, -0.2) is 4.68 Å². The normalized spacial score (nSPS) is 10.9. The van der Waals surface area contributed by atoms with Crippen molar-refractivity contribution in [1.82, 2.24) is 15.1 Å². The molecule has 0 aliphatic heterocycles. The van der Waals surface area contributed by atoms with Crippen molar-refractivity contribution < 1.29 is 9.21 Å². The number of nitrogens with one attached hydrogen (secondary N) is 1. The van der Waals surface area contributed by atoms with Crippen LogP contribution in [0, 0.1) is 13.8 Å². The van der Waals surface area contributed by atoms with Gasteiger partial charge in [0, 0.05) is 12.4 Å². The molecule has 0 bridgehead atoms. The lowest BCUT2D eigenvalue weighted by atomic mass is 10.1. The molecule has 23 heavy (non-hydrogen) atoms. The summed E-state index contributed by atoms with van der Waals surface area (Å²) in [5.74, 6) is 1.05. The Labute approximate surface area is 132 Å². The SMILES string of the molecule is Cc1cc(C(=O)NCc2nn(C)c(=O)c3ccccc23)c(C)o1. The number of aryl methyl sites for hydroxylation is 3. The first-order chi connectivity index (χ1) is 11.0. The molecule has 0 saturated carbocycles. The maximum Gasteiger partial charge on any atom is 0.274 e. The summed E-state index contributed by atoms with van der Waals surface area (Å²) in [5.41, 5.74) is 1.00. The molecule has 3 rings (SSSR count). The van der Waals surface area contributed by atoms with Gasteiger partial charge in [0.1, 0.15) is 11.5 Å². The lowest BCUT2D eigenvalue weighted by Crippen LogP contribution is -2.27. The first kappa shape index (κ1) is 15.0. The lowest BCUT2D eigenvalue weighted by Gasteiger charge is -2.09. The van der Waals surface area contributed by atoms with Gasteiger partial charge in [-0.15, -0.1) is 0 Å². The molecule has 2 heterocycles. The van der Waals surface area contributed by atoms with E-state index < -0.39 is 0 Å². The van der Waals surface area contributed by atoms with Gasteiger partial charge in [-0.1, -0.05) is 18.2 Å². The zero-order valence-corrected chi connectivity index (χ0v) is 13.2. The van der Waals surface area contributed by atoms with E-state index in [9.17, 15) is 9.59 Å². The Kier molecular flexibility index (Phi) is 3.73. The number of hydrogen-bond acceptors (Lipinski definition) is 4. The van der Waals surface area contributed by atoms with Crippen LogP contribution in [0.2, 0.25) is 0 Å². The van der Waals surface area contributed by atoms with Crippen molar-refractivity contribution in [3.63, 3.8) is 0 Å². The van der Waals surface area contributed by atoms with Gasteiger partial charge >= 0.3 is 0 Å². The number of amides is 1. The van der Waals surface area contributed by atoms with E-state index in [-0.39, 0.29) is 18.0 Å². The number of hydrogen-bond donors (Lipinski definition) is 1. The molecular weight excluding hydrogens is 294 g/mol. The third-order valence-electron chi connectivity index (χ3n) is 3.73. The number of furan rings is 1. The number of nitrogens with zero attached hydrogens (tertiary/aromatic N) is 2. The van der Waals surface area contributed by atoms with Crippen LogP contribution in [0.3, 0.4) is 0 Å². The molecule has 0 spiro atoms. The molecule has 0 aliphatic carbocycles. The standard InChI is InChI=1S/C17H17N3O3/c1-10-8-14(11(2)23-10)16(21)18-9-15-12-6-4-5-7-13(12)17(22)20(3)19-15/h4-8H,9H2,1-3H3,(H,18,21). The van der Waals surface area contributed by atoms with E-state index >= 15 is 0 Å². The third-order valence-corrected chi connectivity index (χ3v) is 3.73. The average Bonchev–Trinajstić information content (AvgIpc) is 2.88. The van der Waals surface area contributed by atoms with E-state index in [1.807, 2.05) is 18.2 Å². The summed E-state index contributed by atoms with van der Waals surface area (Å²) >= 11 is 0. The van der Waals surface area contributed by atoms with Crippen molar-refractivity contribution in [3.05, 3.63) is 63.5 Å². The molecule has 6 nitrogen and oxygen atoms in total. The van der Waals surface area contributed by atoms with Crippen LogP contribution in [0.1, 0.15) is 27.6 Å². The van der Waals surface area contributed by atoms with Crippen molar-refractivity contribution in [2.24, 2.45) is 7.05 Å². The summed E-state index contributed by atoms with van der Waals surface area (Å²) in [6.45, 7) is 3.78. The van der Waals surface area contributed by atoms with Gasteiger partial charge in [0.25, 0.3) is 11.5 Å². The highest BCUT2D eigenvalue weighted by Gasteiger charge is 2.14. The number of carbonyl (C=O) groups is 1. The van der Waals surface area contributed by atoms with Gasteiger partial charge < -0.3 is 9.73 Å². The van der Waals surface area contributed by atoms with Gasteiger partial charge in [0.05, 0.1) is 23.2 Å². The van der Waals surface area contributed by atoms with Gasteiger partial charge in [0.15, 0.2) is 0 Å². The third kappa shape index (κ3) is 2.75. The highest BCUT2D eigenvalue weighted by molar-refractivity contribution is 5.95. The van der Waals surface area contributed by atoms with Gasteiger partial charge in [0.2, 0.25) is 0 Å². The molecular formula is C17H17N3O3. The molecule has 0 saturated heterocycles. The Morgan fingerprint density at radius 3 is 2.61 bits per heavy atom. The number of benzene rings is 1. The Morgan fingerprint density at radius 2 is 1.96 bits per heavy atom. The van der Waals surface area contributed by atoms with Crippen molar-refractivity contribution in [2.45, 2.75) is 20.4 Å². The summed E-state index contributed by atoms with van der Waals surface area (Å²) < 4.78 is 6.66. The molecule has 0 radical (unpaired) electrons. The Bertz CT molecular complexity index is 953. The van der Waals surface area contributed by atoms with Gasteiger partial charge in [-0.2, -0.15) is 5.10 Å². The smallest absolute Gasteiger partial charge is 0.274 e. The fourth-order valence-electron chi connectivity index (χ4n) is 2.62. The summed E-state index contributed by atoms with van der Waals surface area (Å²) in [7, 11) is 1.60. The number of rotatable bonds is 3. The highest BCUT2D eigenvalue weighted by Crippen LogP contribution is 2.15.